The lowest BCUT2D eigenvalue weighted by Gasteiger charge is -2.29. The van der Waals surface area contributed by atoms with Crippen LogP contribution >= 0.6 is 0 Å². The van der Waals surface area contributed by atoms with Crippen molar-refractivity contribution < 1.29 is 14.6 Å². The Bertz CT molecular complexity index is 758. The number of carbonyl (C=O) groups excluding carboxylic acids is 1. The summed E-state index contributed by atoms with van der Waals surface area (Å²) in [6.45, 7) is 14.0. The van der Waals surface area contributed by atoms with Crippen molar-refractivity contribution >= 4 is 5.97 Å². The maximum Gasteiger partial charge on any atom is 0.303 e. The first-order valence-electron chi connectivity index (χ1n) is 9.48. The fourth-order valence-electron chi connectivity index (χ4n) is 3.27. The zero-order valence-electron chi connectivity index (χ0n) is 17.6. The van der Waals surface area contributed by atoms with E-state index >= 15 is 0 Å². The van der Waals surface area contributed by atoms with Crippen LogP contribution in [-0.4, -0.2) is 11.1 Å². The molecule has 0 bridgehead atoms. The van der Waals surface area contributed by atoms with E-state index in [4.69, 9.17) is 4.74 Å². The van der Waals surface area contributed by atoms with E-state index < -0.39 is 0 Å². The molecule has 0 heterocycles. The summed E-state index contributed by atoms with van der Waals surface area (Å²) in [5.74, 6) is 0.0669. The smallest absolute Gasteiger partial charge is 0.303 e. The minimum absolute atomic E-state index is 0.191. The summed E-state index contributed by atoms with van der Waals surface area (Å²) in [5, 5.41) is 10.9. The molecule has 27 heavy (non-hydrogen) atoms. The van der Waals surface area contributed by atoms with Gasteiger partial charge in [0.2, 0.25) is 0 Å². The first-order valence-corrected chi connectivity index (χ1v) is 9.48. The molecular formula is C24H32O3. The average Bonchev–Trinajstić information content (AvgIpc) is 2.54. The van der Waals surface area contributed by atoms with Gasteiger partial charge in [0.1, 0.15) is 11.9 Å². The van der Waals surface area contributed by atoms with Crippen molar-refractivity contribution in [1.82, 2.24) is 0 Å². The Kier molecular flexibility index (Phi) is 6.04. The summed E-state index contributed by atoms with van der Waals surface area (Å²) in [6.07, 6.45) is 0.213. The Labute approximate surface area is 163 Å². The van der Waals surface area contributed by atoms with Crippen molar-refractivity contribution in [2.24, 2.45) is 0 Å². The molecule has 1 atom stereocenters. The van der Waals surface area contributed by atoms with Crippen LogP contribution in [-0.2, 0) is 26.8 Å². The zero-order valence-corrected chi connectivity index (χ0v) is 17.6. The molecule has 0 fully saturated rings. The molecule has 1 N–H and O–H groups in total. The van der Waals surface area contributed by atoms with Crippen LogP contribution in [0.5, 0.6) is 5.75 Å². The van der Waals surface area contributed by atoms with Crippen molar-refractivity contribution in [3.8, 4) is 5.75 Å². The molecule has 0 amide bonds. The summed E-state index contributed by atoms with van der Waals surface area (Å²) in [5.41, 5.74) is 3.47. The highest BCUT2D eigenvalue weighted by molar-refractivity contribution is 5.66. The molecule has 3 heteroatoms. The van der Waals surface area contributed by atoms with Gasteiger partial charge in [-0.15, -0.1) is 0 Å². The summed E-state index contributed by atoms with van der Waals surface area (Å²) in [6, 6.07) is 13.9. The number of hydrogen-bond donors (Lipinski definition) is 1. The molecule has 0 radical (unpaired) electrons. The molecule has 1 unspecified atom stereocenters. The maximum absolute atomic E-state index is 11.7. The molecule has 0 saturated carbocycles. The fourth-order valence-corrected chi connectivity index (χ4v) is 3.27. The van der Waals surface area contributed by atoms with Crippen molar-refractivity contribution in [2.75, 3.05) is 0 Å². The van der Waals surface area contributed by atoms with Crippen LogP contribution in [0.15, 0.2) is 42.5 Å². The van der Waals surface area contributed by atoms with E-state index in [9.17, 15) is 9.90 Å². The summed E-state index contributed by atoms with van der Waals surface area (Å²) in [4.78, 5) is 11.7. The number of aromatic hydroxyl groups is 1. The molecule has 2 rings (SSSR count). The van der Waals surface area contributed by atoms with E-state index in [-0.39, 0.29) is 22.9 Å². The van der Waals surface area contributed by atoms with Gasteiger partial charge in [-0.25, -0.2) is 0 Å². The standard InChI is InChI=1S/C24H32O3/c1-16(25)27-21(18-11-9-8-10-12-18)15-17-13-19(23(2,3)4)22(26)20(14-17)24(5,6)7/h8-14,21,26H,15H2,1-7H3. The molecule has 0 aromatic heterocycles. The largest absolute Gasteiger partial charge is 0.507 e. The predicted octanol–water partition coefficient (Wildman–Crippen LogP) is 5.83. The highest BCUT2D eigenvalue weighted by atomic mass is 16.5. The molecule has 0 saturated heterocycles. The zero-order chi connectivity index (χ0) is 20.4. The van der Waals surface area contributed by atoms with Gasteiger partial charge >= 0.3 is 5.97 Å². The van der Waals surface area contributed by atoms with E-state index in [0.717, 1.165) is 22.3 Å². The molecule has 0 aliphatic heterocycles. The third kappa shape index (κ3) is 5.35. The monoisotopic (exact) mass is 368 g/mol. The second-order valence-electron chi connectivity index (χ2n) is 9.25. The van der Waals surface area contributed by atoms with Gasteiger partial charge < -0.3 is 9.84 Å². The third-order valence-corrected chi connectivity index (χ3v) is 4.69. The van der Waals surface area contributed by atoms with Gasteiger partial charge in [0.15, 0.2) is 0 Å². The van der Waals surface area contributed by atoms with Gasteiger partial charge in [0.25, 0.3) is 0 Å². The minimum Gasteiger partial charge on any atom is -0.507 e. The number of benzene rings is 2. The first kappa shape index (κ1) is 21.0. The van der Waals surface area contributed by atoms with Crippen LogP contribution in [0.1, 0.15) is 76.8 Å². The van der Waals surface area contributed by atoms with Crippen molar-refractivity contribution in [3.05, 3.63) is 64.7 Å². The number of phenols is 1. The highest BCUT2D eigenvalue weighted by Crippen LogP contribution is 2.40. The average molecular weight is 369 g/mol. The number of esters is 1. The molecule has 146 valence electrons. The fraction of sp³-hybridized carbons (Fsp3) is 0.458. The Morgan fingerprint density at radius 2 is 1.44 bits per heavy atom. The number of hydrogen-bond acceptors (Lipinski definition) is 3. The van der Waals surface area contributed by atoms with Crippen molar-refractivity contribution in [1.29, 1.82) is 0 Å². The Hall–Kier alpha value is -2.29. The van der Waals surface area contributed by atoms with Gasteiger partial charge in [0.05, 0.1) is 0 Å². The third-order valence-electron chi connectivity index (χ3n) is 4.69. The summed E-state index contributed by atoms with van der Waals surface area (Å²) < 4.78 is 5.62. The second kappa shape index (κ2) is 7.75. The maximum atomic E-state index is 11.7. The van der Waals surface area contributed by atoms with Crippen LogP contribution in [0.4, 0.5) is 0 Å². The van der Waals surface area contributed by atoms with Crippen LogP contribution in [0, 0.1) is 0 Å². The predicted molar refractivity (Wildman–Crippen MR) is 110 cm³/mol. The lowest BCUT2D eigenvalue weighted by Crippen LogP contribution is -2.19. The van der Waals surface area contributed by atoms with Crippen LogP contribution in [0.25, 0.3) is 0 Å². The van der Waals surface area contributed by atoms with Gasteiger partial charge in [-0.2, -0.15) is 0 Å². The van der Waals surface area contributed by atoms with E-state index in [2.05, 4.69) is 41.5 Å². The molecule has 2 aromatic rings. The molecule has 2 aromatic carbocycles. The number of carbonyl (C=O) groups is 1. The molecule has 0 aliphatic carbocycles. The SMILES string of the molecule is CC(=O)OC(Cc1cc(C(C)(C)C)c(O)c(C(C)(C)C)c1)c1ccccc1. The van der Waals surface area contributed by atoms with E-state index in [1.165, 1.54) is 6.92 Å². The second-order valence-corrected chi connectivity index (χ2v) is 9.25. The summed E-state index contributed by atoms with van der Waals surface area (Å²) in [7, 11) is 0. The Morgan fingerprint density at radius 3 is 1.85 bits per heavy atom. The van der Waals surface area contributed by atoms with Crippen molar-refractivity contribution in [3.63, 3.8) is 0 Å². The molecular weight excluding hydrogens is 336 g/mol. The van der Waals surface area contributed by atoms with Gasteiger partial charge in [-0.05, 0) is 33.1 Å². The lowest BCUT2D eigenvalue weighted by molar-refractivity contribution is -0.146. The van der Waals surface area contributed by atoms with E-state index in [1.54, 1.807) is 0 Å². The number of phenolic OH excluding ortho intramolecular Hbond substituents is 1. The van der Waals surface area contributed by atoms with Crippen LogP contribution in [0.2, 0.25) is 0 Å². The number of rotatable bonds is 4. The van der Waals surface area contributed by atoms with Crippen LogP contribution < -0.4 is 0 Å². The summed E-state index contributed by atoms with van der Waals surface area (Å²) >= 11 is 0. The van der Waals surface area contributed by atoms with Crippen molar-refractivity contribution in [2.45, 2.75) is 71.8 Å². The molecule has 3 nitrogen and oxygen atoms in total. The quantitative estimate of drug-likeness (QED) is 0.690. The molecule has 0 aliphatic rings. The minimum atomic E-state index is -0.353. The Balaban J connectivity index is 2.54. The van der Waals surface area contributed by atoms with Gasteiger partial charge in [0, 0.05) is 13.3 Å². The topological polar surface area (TPSA) is 46.5 Å². The molecule has 0 spiro atoms. The first-order chi connectivity index (χ1) is 12.4. The number of ether oxygens (including phenoxy) is 1. The lowest BCUT2D eigenvalue weighted by atomic mass is 9.78. The van der Waals surface area contributed by atoms with Gasteiger partial charge in [-0.3, -0.25) is 4.79 Å². The normalized spacial score (nSPS) is 13.3. The highest BCUT2D eigenvalue weighted by Gasteiger charge is 2.27. The van der Waals surface area contributed by atoms with Gasteiger partial charge in [-0.1, -0.05) is 84.0 Å². The van der Waals surface area contributed by atoms with E-state index in [1.807, 2.05) is 42.5 Å². The van der Waals surface area contributed by atoms with E-state index in [0.29, 0.717) is 12.2 Å². The van der Waals surface area contributed by atoms with Crippen LogP contribution in [0.3, 0.4) is 0 Å². The Morgan fingerprint density at radius 1 is 0.963 bits per heavy atom.